The van der Waals surface area contributed by atoms with Crippen molar-refractivity contribution in [1.82, 2.24) is 10.6 Å². The van der Waals surface area contributed by atoms with Gasteiger partial charge < -0.3 is 24.8 Å². The molecule has 2 aliphatic heterocycles. The maximum atomic E-state index is 14.4. The van der Waals surface area contributed by atoms with E-state index in [1.165, 1.54) is 6.07 Å². The lowest BCUT2D eigenvalue weighted by atomic mass is 9.94. The van der Waals surface area contributed by atoms with Gasteiger partial charge >= 0.3 is 0 Å². The molecule has 0 saturated carbocycles. The fraction of sp³-hybridized carbons (Fsp3) is 0.368. The quantitative estimate of drug-likeness (QED) is 0.743. The van der Waals surface area contributed by atoms with Crippen molar-refractivity contribution in [2.24, 2.45) is 0 Å². The molecule has 1 atom stereocenters. The van der Waals surface area contributed by atoms with E-state index in [4.69, 9.17) is 14.2 Å². The van der Waals surface area contributed by atoms with Crippen molar-refractivity contribution in [3.05, 3.63) is 64.5 Å². The second-order valence-electron chi connectivity index (χ2n) is 5.95. The molecule has 0 saturated heterocycles. The Kier molecular flexibility index (Phi) is 5.28. The molecule has 1 aromatic rings. The maximum absolute atomic E-state index is 14.4. The van der Waals surface area contributed by atoms with Crippen LogP contribution in [0, 0.1) is 12.7 Å². The van der Waals surface area contributed by atoms with Crippen LogP contribution in [0.1, 0.15) is 11.1 Å². The minimum atomic E-state index is -0.229. The van der Waals surface area contributed by atoms with Crippen molar-refractivity contribution >= 4 is 0 Å². The van der Waals surface area contributed by atoms with Gasteiger partial charge in [-0.2, -0.15) is 0 Å². The third-order valence-corrected chi connectivity index (χ3v) is 4.44. The first kappa shape index (κ1) is 17.4. The van der Waals surface area contributed by atoms with E-state index in [1.54, 1.807) is 20.3 Å². The van der Waals surface area contributed by atoms with Crippen LogP contribution in [0.25, 0.3) is 0 Å². The minimum Gasteiger partial charge on any atom is -0.495 e. The summed E-state index contributed by atoms with van der Waals surface area (Å²) in [7, 11) is 3.25. The number of benzene rings is 1. The Morgan fingerprint density at radius 2 is 1.92 bits per heavy atom. The SMILES string of the molecule is COCCOc1ccc(F)c(CC2=CNC3NC=C(OC)C=C23)c1C. The van der Waals surface area contributed by atoms with Crippen LogP contribution < -0.4 is 15.4 Å². The summed E-state index contributed by atoms with van der Waals surface area (Å²) in [4.78, 5) is 0. The first-order chi connectivity index (χ1) is 12.1. The molecule has 2 aliphatic rings. The number of hydrogen-bond donors (Lipinski definition) is 2. The fourth-order valence-corrected chi connectivity index (χ4v) is 2.99. The highest BCUT2D eigenvalue weighted by Crippen LogP contribution is 2.31. The lowest BCUT2D eigenvalue weighted by Gasteiger charge is -2.21. The molecule has 3 rings (SSSR count). The van der Waals surface area contributed by atoms with Crippen LogP contribution in [0.3, 0.4) is 0 Å². The average molecular weight is 346 g/mol. The predicted octanol–water partition coefficient (Wildman–Crippen LogP) is 2.53. The van der Waals surface area contributed by atoms with Crippen molar-refractivity contribution in [3.63, 3.8) is 0 Å². The van der Waals surface area contributed by atoms with Crippen molar-refractivity contribution < 1.29 is 18.6 Å². The first-order valence-corrected chi connectivity index (χ1v) is 8.21. The van der Waals surface area contributed by atoms with Gasteiger partial charge in [0.1, 0.15) is 30.1 Å². The minimum absolute atomic E-state index is 0.00148. The van der Waals surface area contributed by atoms with Gasteiger partial charge in [-0.3, -0.25) is 0 Å². The molecule has 2 heterocycles. The Hall–Kier alpha value is -2.47. The Bertz CT molecular complexity index is 740. The van der Waals surface area contributed by atoms with Crippen molar-refractivity contribution in [2.45, 2.75) is 19.5 Å². The second kappa shape index (κ2) is 7.61. The topological polar surface area (TPSA) is 51.8 Å². The average Bonchev–Trinajstić information content (AvgIpc) is 3.02. The molecule has 1 aromatic carbocycles. The molecule has 1 unspecified atom stereocenters. The van der Waals surface area contributed by atoms with E-state index in [9.17, 15) is 4.39 Å². The van der Waals surface area contributed by atoms with Crippen LogP contribution in [0.4, 0.5) is 4.39 Å². The molecule has 0 aliphatic carbocycles. The van der Waals surface area contributed by atoms with E-state index in [1.807, 2.05) is 25.4 Å². The summed E-state index contributed by atoms with van der Waals surface area (Å²) in [6, 6.07) is 3.12. The number of methoxy groups -OCH3 is 2. The zero-order chi connectivity index (χ0) is 17.8. The highest BCUT2D eigenvalue weighted by molar-refractivity contribution is 5.50. The Balaban J connectivity index is 1.82. The van der Waals surface area contributed by atoms with E-state index >= 15 is 0 Å². The largest absolute Gasteiger partial charge is 0.495 e. The smallest absolute Gasteiger partial charge is 0.134 e. The summed E-state index contributed by atoms with van der Waals surface area (Å²) in [6.07, 6.45) is 6.19. The molecule has 25 heavy (non-hydrogen) atoms. The molecule has 6 heteroatoms. The van der Waals surface area contributed by atoms with Crippen LogP contribution >= 0.6 is 0 Å². The van der Waals surface area contributed by atoms with Crippen molar-refractivity contribution in [3.8, 4) is 5.75 Å². The molecule has 5 nitrogen and oxygen atoms in total. The highest BCUT2D eigenvalue weighted by Gasteiger charge is 2.26. The van der Waals surface area contributed by atoms with Crippen LogP contribution in [0.15, 0.2) is 47.5 Å². The normalized spacial score (nSPS) is 18.4. The molecular weight excluding hydrogens is 323 g/mol. The standard InChI is InChI=1S/C19H23FN2O3/c1-12-15(17(20)4-5-18(12)25-7-6-23-2)8-13-10-21-19-16(13)9-14(24-3)11-22-19/h4-5,9-11,19,21-22H,6-8H2,1-3H3. The second-order valence-corrected chi connectivity index (χ2v) is 5.95. The maximum Gasteiger partial charge on any atom is 0.134 e. The van der Waals surface area contributed by atoms with Gasteiger partial charge in [-0.05, 0) is 41.8 Å². The van der Waals surface area contributed by atoms with Gasteiger partial charge in [0.15, 0.2) is 0 Å². The van der Waals surface area contributed by atoms with E-state index in [0.717, 1.165) is 22.5 Å². The third kappa shape index (κ3) is 3.64. The molecule has 0 aromatic heterocycles. The van der Waals surface area contributed by atoms with E-state index in [0.29, 0.717) is 30.9 Å². The summed E-state index contributed by atoms with van der Waals surface area (Å²) in [6.45, 7) is 2.81. The van der Waals surface area contributed by atoms with Crippen LogP contribution in [-0.4, -0.2) is 33.6 Å². The monoisotopic (exact) mass is 346 g/mol. The van der Waals surface area contributed by atoms with Crippen molar-refractivity contribution in [2.75, 3.05) is 27.4 Å². The van der Waals surface area contributed by atoms with E-state index < -0.39 is 0 Å². The highest BCUT2D eigenvalue weighted by atomic mass is 19.1. The molecule has 0 amide bonds. The van der Waals surface area contributed by atoms with Gasteiger partial charge in [0, 0.05) is 31.5 Å². The van der Waals surface area contributed by atoms with Gasteiger partial charge in [0.2, 0.25) is 0 Å². The predicted molar refractivity (Wildman–Crippen MR) is 93.5 cm³/mol. The first-order valence-electron chi connectivity index (χ1n) is 8.21. The summed E-state index contributed by atoms with van der Waals surface area (Å²) >= 11 is 0. The van der Waals surface area contributed by atoms with Crippen LogP contribution in [0.5, 0.6) is 5.75 Å². The van der Waals surface area contributed by atoms with E-state index in [-0.39, 0.29) is 12.0 Å². The van der Waals surface area contributed by atoms with Crippen molar-refractivity contribution in [1.29, 1.82) is 0 Å². The number of dihydropyridines is 1. The Morgan fingerprint density at radius 1 is 1.12 bits per heavy atom. The number of fused-ring (bicyclic) bond motifs is 1. The molecular formula is C19H23FN2O3. The summed E-state index contributed by atoms with van der Waals surface area (Å²) in [5.41, 5.74) is 3.53. The summed E-state index contributed by atoms with van der Waals surface area (Å²) in [5, 5.41) is 6.48. The number of allylic oxidation sites excluding steroid dienone is 1. The molecule has 0 spiro atoms. The number of ether oxygens (including phenoxy) is 3. The molecule has 0 bridgehead atoms. The van der Waals surface area contributed by atoms with Crippen LogP contribution in [-0.2, 0) is 15.9 Å². The number of nitrogens with one attached hydrogen (secondary N) is 2. The summed E-state index contributed by atoms with van der Waals surface area (Å²) < 4.78 is 30.4. The number of hydrogen-bond acceptors (Lipinski definition) is 5. The molecule has 2 N–H and O–H groups in total. The van der Waals surface area contributed by atoms with Gasteiger partial charge in [0.25, 0.3) is 0 Å². The summed E-state index contributed by atoms with van der Waals surface area (Å²) in [5.74, 6) is 1.20. The lowest BCUT2D eigenvalue weighted by molar-refractivity contribution is 0.146. The van der Waals surface area contributed by atoms with Gasteiger partial charge in [0.05, 0.1) is 13.7 Å². The zero-order valence-corrected chi connectivity index (χ0v) is 14.7. The molecule has 0 fully saturated rings. The zero-order valence-electron chi connectivity index (χ0n) is 14.7. The number of halogens is 1. The number of rotatable bonds is 7. The van der Waals surface area contributed by atoms with E-state index in [2.05, 4.69) is 10.6 Å². The van der Waals surface area contributed by atoms with Gasteiger partial charge in [-0.1, -0.05) is 0 Å². The Morgan fingerprint density at radius 3 is 2.68 bits per heavy atom. The molecule has 134 valence electrons. The van der Waals surface area contributed by atoms with Gasteiger partial charge in [-0.15, -0.1) is 0 Å². The van der Waals surface area contributed by atoms with Crippen LogP contribution in [0.2, 0.25) is 0 Å². The lowest BCUT2D eigenvalue weighted by Crippen LogP contribution is -2.36. The Labute approximate surface area is 147 Å². The van der Waals surface area contributed by atoms with Gasteiger partial charge in [-0.25, -0.2) is 4.39 Å². The third-order valence-electron chi connectivity index (χ3n) is 4.44. The molecule has 0 radical (unpaired) electrons. The fourth-order valence-electron chi connectivity index (χ4n) is 2.99.